The van der Waals surface area contributed by atoms with Gasteiger partial charge in [-0.15, -0.1) is 0 Å². The number of nitrogens with zero attached hydrogens (tertiary/aromatic N) is 21. The number of likely N-dealkylation sites (tertiary alicyclic amines) is 4. The number of carbonyl (C=O) groups is 2. The number of hydrogen-bond acceptors (Lipinski definition) is 28. The van der Waals surface area contributed by atoms with Crippen LogP contribution in [-0.4, -0.2) is 269 Å². The van der Waals surface area contributed by atoms with Gasteiger partial charge in [-0.2, -0.15) is 46.8 Å². The SMILES string of the molecule is Brc1ccccc1-c1nsc(N2CCC(N3CCCCC3)CC2)n1.CC(=O)N1CCN(C2CCN(c3nc(Br)ns3)CC2)CC1.CC(=O)c1cccc(-c2nsc(N3CCC[C@H]3CN3CCCC3)n2)c1.COc1cccc(-c2nsc(N3CCC[C@H]3CN3CCCC3)n2)c1.Fc1ccc(-c2nsc(N3CCC(N4CCCCC4)CC3)n2)c(F)c1. The van der Waals surface area contributed by atoms with Gasteiger partial charge in [0, 0.05) is 219 Å². The molecule has 5 aromatic heterocycles. The van der Waals surface area contributed by atoms with Gasteiger partial charge in [-0.1, -0.05) is 77.3 Å². The Morgan fingerprint density at radius 1 is 0.412 bits per heavy atom. The van der Waals surface area contributed by atoms with E-state index in [0.717, 1.165) is 193 Å². The van der Waals surface area contributed by atoms with E-state index in [1.807, 2.05) is 71.6 Å². The summed E-state index contributed by atoms with van der Waals surface area (Å²) in [5.41, 5.74) is 3.98. The smallest absolute Gasteiger partial charge is 0.219 e. The average Bonchev–Trinajstić information content (AvgIpc) is 1.71. The van der Waals surface area contributed by atoms with Crippen LogP contribution >= 0.6 is 89.5 Å². The Bertz CT molecular complexity index is 4670. The van der Waals surface area contributed by atoms with Crippen molar-refractivity contribution in [3.8, 4) is 51.3 Å². The highest BCUT2D eigenvalue weighted by molar-refractivity contribution is 9.10. The Morgan fingerprint density at radius 2 is 0.849 bits per heavy atom. The number of halogens is 4. The quantitative estimate of drug-likeness (QED) is 0.0732. The van der Waals surface area contributed by atoms with E-state index in [1.165, 1.54) is 231 Å². The summed E-state index contributed by atoms with van der Waals surface area (Å²) >= 11 is 14.2. The number of hydrogen-bond donors (Lipinski definition) is 0. The van der Waals surface area contributed by atoms with Gasteiger partial charge in [-0.3, -0.25) is 14.5 Å². The summed E-state index contributed by atoms with van der Waals surface area (Å²) in [6, 6.07) is 30.5. The number of anilines is 5. The Balaban J connectivity index is 0.000000116. The number of piperazine rings is 1. The second-order valence-electron chi connectivity index (χ2n) is 32.8. The lowest BCUT2D eigenvalue weighted by Crippen LogP contribution is -2.54. The van der Waals surface area contributed by atoms with Gasteiger partial charge in [0.15, 0.2) is 29.1 Å². The van der Waals surface area contributed by atoms with Gasteiger partial charge < -0.3 is 53.7 Å². The van der Waals surface area contributed by atoms with Crippen LogP contribution in [0.4, 0.5) is 34.4 Å². The van der Waals surface area contributed by atoms with E-state index < -0.39 is 11.6 Å². The molecule has 10 aliphatic heterocycles. The van der Waals surface area contributed by atoms with Crippen LogP contribution in [0, 0.1) is 11.6 Å². The minimum Gasteiger partial charge on any atom is -0.497 e. The third-order valence-corrected chi connectivity index (χ3v) is 30.2. The molecule has 0 aliphatic carbocycles. The number of piperidine rings is 5. The zero-order chi connectivity index (χ0) is 82.0. The van der Waals surface area contributed by atoms with Crippen molar-refractivity contribution in [1.82, 2.24) is 76.2 Å². The summed E-state index contributed by atoms with van der Waals surface area (Å²) in [6.45, 7) is 27.8. The maximum absolute atomic E-state index is 13.9. The second-order valence-corrected chi connectivity index (χ2v) is 38.0. The molecule has 4 aromatic carbocycles. The van der Waals surface area contributed by atoms with Crippen LogP contribution < -0.4 is 29.2 Å². The van der Waals surface area contributed by atoms with E-state index in [-0.39, 0.29) is 17.3 Å². The highest BCUT2D eigenvalue weighted by Crippen LogP contribution is 2.38. The van der Waals surface area contributed by atoms with E-state index >= 15 is 0 Å². The zero-order valence-electron chi connectivity index (χ0n) is 68.9. The van der Waals surface area contributed by atoms with Gasteiger partial charge in [-0.25, -0.2) is 8.78 Å². The average molecular weight is 1850 g/mol. The van der Waals surface area contributed by atoms with Crippen molar-refractivity contribution in [2.75, 3.05) is 176 Å². The van der Waals surface area contributed by atoms with Gasteiger partial charge in [0.1, 0.15) is 17.4 Å². The summed E-state index contributed by atoms with van der Waals surface area (Å²) in [5.74, 6) is 2.63. The standard InChI is InChI=1S/C19H24N4OS.C18H23BrN4S.C18H22F2N4S.C18H24N4OS.C13H20BrN5OS/c1-14(24)15-6-4-7-16(12-15)18-20-19(25-21-18)23-11-5-8-17(23)13-22-9-2-3-10-22;19-16-7-3-2-6-15(16)17-20-18(24-21-17)23-12-8-14(9-13-23)22-10-4-1-5-11-22;19-13-4-5-15(16(20)12-13)17-21-18(25-22-17)24-10-6-14(7-11-24)23-8-2-1-3-9-23;1-23-16-8-4-6-14(12-16)17-19-18(24-20-17)22-11-5-7-15(22)13-21-9-2-3-10-21;1-10(20)17-6-8-18(9-7-17)11-2-4-19(5-3-11)13-15-12(14)16-21-13/h4,6-7,12,17H,2-3,5,8-11,13H2,1H3;2-3,6-7,14H,1,4-5,8-13H2;4-5,12,14H,1-3,6-11H2;4,6,8,12,15H,2-3,5,7,9-11,13H2,1H3;11H,2-9H2,1H3/t17-;;;15-;/m0..0./s1. The van der Waals surface area contributed by atoms with Gasteiger partial charge >= 0.3 is 0 Å². The number of benzene rings is 4. The first-order valence-corrected chi connectivity index (χ1v) is 48.6. The molecule has 0 bridgehead atoms. The number of carbonyl (C=O) groups excluding carboxylic acids is 2. The van der Waals surface area contributed by atoms with Crippen molar-refractivity contribution in [1.29, 1.82) is 0 Å². The normalized spacial score (nSPS) is 21.0. The van der Waals surface area contributed by atoms with Crippen LogP contribution in [-0.2, 0) is 4.79 Å². The molecule has 0 radical (unpaired) electrons. The molecule has 0 spiro atoms. The third-order valence-electron chi connectivity index (χ3n) is 25.1. The highest BCUT2D eigenvalue weighted by Gasteiger charge is 2.35. The van der Waals surface area contributed by atoms with Crippen LogP contribution in [0.2, 0.25) is 0 Å². The second kappa shape index (κ2) is 43.0. The number of methoxy groups -OCH3 is 1. The first-order valence-electron chi connectivity index (χ1n) is 43.2. The summed E-state index contributed by atoms with van der Waals surface area (Å²) in [5, 5.41) is 5.00. The first kappa shape index (κ1) is 87.2. The molecule has 19 rings (SSSR count). The topological polar surface area (TPSA) is 208 Å². The van der Waals surface area contributed by atoms with E-state index in [1.54, 1.807) is 21.0 Å². The molecule has 15 heterocycles. The van der Waals surface area contributed by atoms with Crippen molar-refractivity contribution in [3.63, 3.8) is 0 Å². The fourth-order valence-corrected chi connectivity index (χ4v) is 23.0. The number of amides is 1. The molecule has 10 fully saturated rings. The number of ether oxygens (including phenoxy) is 1. The molecule has 0 N–H and O–H groups in total. The van der Waals surface area contributed by atoms with Crippen LogP contribution in [0.15, 0.2) is 100 Å². The minimum absolute atomic E-state index is 0.0718. The molecule has 638 valence electrons. The van der Waals surface area contributed by atoms with Crippen molar-refractivity contribution in [3.05, 3.63) is 117 Å². The molecular weight excluding hydrogens is 1730 g/mol. The fourth-order valence-electron chi connectivity index (χ4n) is 18.4. The van der Waals surface area contributed by atoms with E-state index in [2.05, 4.69) is 119 Å². The summed E-state index contributed by atoms with van der Waals surface area (Å²) in [6.07, 6.45) is 25.7. The Hall–Kier alpha value is -6.76. The summed E-state index contributed by atoms with van der Waals surface area (Å²) in [7, 11) is 1.69. The van der Waals surface area contributed by atoms with Crippen LogP contribution in [0.25, 0.3) is 45.6 Å². The molecule has 0 unspecified atom stereocenters. The van der Waals surface area contributed by atoms with E-state index in [0.29, 0.717) is 40.3 Å². The molecule has 2 atom stereocenters. The zero-order valence-corrected chi connectivity index (χ0v) is 76.2. The van der Waals surface area contributed by atoms with Gasteiger partial charge in [0.05, 0.1) is 12.7 Å². The predicted molar refractivity (Wildman–Crippen MR) is 486 cm³/mol. The highest BCUT2D eigenvalue weighted by atomic mass is 79.9. The molecule has 1 amide bonds. The van der Waals surface area contributed by atoms with Gasteiger partial charge in [0.2, 0.25) is 36.3 Å². The Morgan fingerprint density at radius 3 is 1.32 bits per heavy atom. The molecule has 9 aromatic rings. The fraction of sp³-hybridized carbons (Fsp3) is 0.581. The third kappa shape index (κ3) is 23.4. The summed E-state index contributed by atoms with van der Waals surface area (Å²) < 4.78 is 56.2. The van der Waals surface area contributed by atoms with E-state index in [9.17, 15) is 18.4 Å². The van der Waals surface area contributed by atoms with Crippen molar-refractivity contribution in [2.24, 2.45) is 0 Å². The summed E-state index contributed by atoms with van der Waals surface area (Å²) in [4.78, 5) is 73.2. The van der Waals surface area contributed by atoms with Crippen molar-refractivity contribution >= 4 is 127 Å². The molecule has 10 aliphatic rings. The first-order chi connectivity index (χ1) is 58.2. The Labute approximate surface area is 737 Å². The number of ketones is 1. The Kier molecular flexibility index (Phi) is 31.5. The maximum Gasteiger partial charge on any atom is 0.219 e. The molecule has 119 heavy (non-hydrogen) atoms. The molecule has 10 saturated heterocycles. The minimum atomic E-state index is -0.617. The van der Waals surface area contributed by atoms with Crippen molar-refractivity contribution in [2.45, 2.75) is 172 Å². The van der Waals surface area contributed by atoms with Gasteiger partial charge in [-0.05, 0) is 227 Å². The largest absolute Gasteiger partial charge is 0.497 e. The lowest BCUT2D eigenvalue weighted by molar-refractivity contribution is -0.130. The monoisotopic (exact) mass is 1840 g/mol. The lowest BCUT2D eigenvalue weighted by Gasteiger charge is -2.42. The number of aromatic nitrogens is 10. The van der Waals surface area contributed by atoms with Crippen LogP contribution in [0.1, 0.15) is 153 Å². The molecule has 0 saturated carbocycles. The molecule has 24 nitrogen and oxygen atoms in total. The number of rotatable bonds is 18. The van der Waals surface area contributed by atoms with E-state index in [4.69, 9.17) is 19.7 Å². The van der Waals surface area contributed by atoms with Crippen LogP contribution in [0.3, 0.4) is 0 Å². The molecule has 33 heteroatoms. The maximum atomic E-state index is 13.9. The predicted octanol–water partition coefficient (Wildman–Crippen LogP) is 16.5. The molecular formula is C86H113Br2F2N21O3S5. The van der Waals surface area contributed by atoms with Crippen molar-refractivity contribution < 1.29 is 23.1 Å². The lowest BCUT2D eigenvalue weighted by atomic mass is 10.0. The van der Waals surface area contributed by atoms with Gasteiger partial charge in [0.25, 0.3) is 0 Å². The number of Topliss-reactive ketones (excluding diaryl/α,β-unsaturated/α-hetero) is 1. The van der Waals surface area contributed by atoms with Crippen LogP contribution in [0.5, 0.6) is 5.75 Å².